The smallest absolute Gasteiger partial charge is 0.175 e. The third kappa shape index (κ3) is 3.32. The van der Waals surface area contributed by atoms with Gasteiger partial charge in [-0.2, -0.15) is 0 Å². The zero-order valence-corrected chi connectivity index (χ0v) is 20.4. The minimum Gasteiger partial charge on any atom is -0.367 e. The molecule has 0 radical (unpaired) electrons. The lowest BCUT2D eigenvalue weighted by Crippen LogP contribution is -2.59. The molecule has 4 aliphatic carbocycles. The Labute approximate surface area is 186 Å². The molecule has 1 unspecified atom stereocenters. The Morgan fingerprint density at radius 2 is 1.86 bits per heavy atom. The average molecular weight is 466 g/mol. The molecule has 0 spiro atoms. The molecule has 164 valence electrons. The molecule has 0 aliphatic heterocycles. The minimum atomic E-state index is -0.556. The quantitative estimate of drug-likeness (QED) is 0.228. The largest absolute Gasteiger partial charge is 0.367 e. The van der Waals surface area contributed by atoms with Crippen LogP contribution in [-0.4, -0.2) is 23.3 Å². The van der Waals surface area contributed by atoms with Crippen LogP contribution in [0.15, 0.2) is 12.2 Å². The standard InChI is InChI=1S/C26H41BrO2/c1-4-5-8-17-29-26(23(28)18-27)16-13-22-20-11-10-19-9-6-7-14-24(19,2)21(20)12-15-25(22,26)3/h7,14,19-22H,4-6,8-13,15-18H2,1-3H3/t19?,20-,21+,22+,24+,25+,26+/m1/s1. The highest BCUT2D eigenvalue weighted by Gasteiger charge is 2.67. The second-order valence-electron chi connectivity index (χ2n) is 10.9. The van der Waals surface area contributed by atoms with Gasteiger partial charge < -0.3 is 4.74 Å². The van der Waals surface area contributed by atoms with Crippen LogP contribution in [-0.2, 0) is 9.53 Å². The highest BCUT2D eigenvalue weighted by atomic mass is 79.9. The Morgan fingerprint density at radius 1 is 1.07 bits per heavy atom. The van der Waals surface area contributed by atoms with Gasteiger partial charge in [-0.25, -0.2) is 0 Å². The minimum absolute atomic E-state index is 0.00676. The Morgan fingerprint density at radius 3 is 2.62 bits per heavy atom. The normalized spacial score (nSPS) is 46.1. The number of allylic oxidation sites excluding steroid dienone is 2. The SMILES string of the molecule is CCCCCO[C@]1(C(=O)CBr)CC[C@H]2[C@@H]3CCC4CCC=C[C@]4(C)[C@H]3CC[C@@]21C. The van der Waals surface area contributed by atoms with Gasteiger partial charge >= 0.3 is 0 Å². The van der Waals surface area contributed by atoms with Crippen molar-refractivity contribution in [1.82, 2.24) is 0 Å². The van der Waals surface area contributed by atoms with Crippen molar-refractivity contribution >= 4 is 21.7 Å². The van der Waals surface area contributed by atoms with E-state index in [0.29, 0.717) is 22.4 Å². The molecule has 0 heterocycles. The summed E-state index contributed by atoms with van der Waals surface area (Å²) < 4.78 is 6.64. The lowest BCUT2D eigenvalue weighted by atomic mass is 9.45. The molecule has 7 atom stereocenters. The Kier molecular flexibility index (Phi) is 6.40. The third-order valence-corrected chi connectivity index (χ3v) is 10.4. The summed E-state index contributed by atoms with van der Waals surface area (Å²) in [7, 11) is 0. The first-order chi connectivity index (χ1) is 13.9. The second-order valence-corrected chi connectivity index (χ2v) is 11.5. The van der Waals surface area contributed by atoms with E-state index in [4.69, 9.17) is 4.74 Å². The van der Waals surface area contributed by atoms with Gasteiger partial charge in [-0.1, -0.05) is 61.7 Å². The van der Waals surface area contributed by atoms with Crippen molar-refractivity contribution in [2.45, 2.75) is 97.0 Å². The van der Waals surface area contributed by atoms with Crippen LogP contribution in [0.1, 0.15) is 91.4 Å². The highest BCUT2D eigenvalue weighted by molar-refractivity contribution is 9.09. The van der Waals surface area contributed by atoms with E-state index in [-0.39, 0.29) is 5.41 Å². The van der Waals surface area contributed by atoms with Gasteiger partial charge in [0.25, 0.3) is 0 Å². The molecule has 4 rings (SSSR count). The molecule has 3 saturated carbocycles. The first-order valence-corrected chi connectivity index (χ1v) is 13.5. The fourth-order valence-electron chi connectivity index (χ4n) is 8.30. The van der Waals surface area contributed by atoms with Crippen LogP contribution < -0.4 is 0 Å². The van der Waals surface area contributed by atoms with Crippen molar-refractivity contribution < 1.29 is 9.53 Å². The molecule has 0 N–H and O–H groups in total. The van der Waals surface area contributed by atoms with E-state index >= 15 is 0 Å². The second kappa shape index (κ2) is 8.41. The van der Waals surface area contributed by atoms with E-state index in [9.17, 15) is 4.79 Å². The zero-order chi connectivity index (χ0) is 20.7. The number of unbranched alkanes of at least 4 members (excludes halogenated alkanes) is 2. The summed E-state index contributed by atoms with van der Waals surface area (Å²) in [4.78, 5) is 13.3. The van der Waals surface area contributed by atoms with Gasteiger partial charge in [0, 0.05) is 12.0 Å². The van der Waals surface area contributed by atoms with Gasteiger partial charge in [0.05, 0.1) is 5.33 Å². The maximum absolute atomic E-state index is 13.3. The Balaban J connectivity index is 1.61. The lowest BCUT2D eigenvalue weighted by Gasteiger charge is -2.60. The van der Waals surface area contributed by atoms with Crippen LogP contribution in [0, 0.1) is 34.5 Å². The van der Waals surface area contributed by atoms with E-state index in [2.05, 4.69) is 48.9 Å². The number of halogens is 1. The van der Waals surface area contributed by atoms with Crippen molar-refractivity contribution in [1.29, 1.82) is 0 Å². The van der Waals surface area contributed by atoms with Crippen LogP contribution in [0.25, 0.3) is 0 Å². The number of ketones is 1. The monoisotopic (exact) mass is 464 g/mol. The number of Topliss-reactive ketones (excluding diaryl/α,β-unsaturated/α-hetero) is 1. The highest BCUT2D eigenvalue weighted by Crippen LogP contribution is 2.68. The van der Waals surface area contributed by atoms with Crippen molar-refractivity contribution in [2.24, 2.45) is 34.5 Å². The summed E-state index contributed by atoms with van der Waals surface area (Å²) in [6, 6.07) is 0. The van der Waals surface area contributed by atoms with Crippen LogP contribution in [0.3, 0.4) is 0 Å². The maximum atomic E-state index is 13.3. The van der Waals surface area contributed by atoms with Gasteiger partial charge in [0.2, 0.25) is 0 Å². The van der Waals surface area contributed by atoms with Crippen molar-refractivity contribution in [3.63, 3.8) is 0 Å². The summed E-state index contributed by atoms with van der Waals surface area (Å²) in [5.74, 6) is 3.38. The van der Waals surface area contributed by atoms with Crippen LogP contribution in [0.2, 0.25) is 0 Å². The van der Waals surface area contributed by atoms with Crippen LogP contribution in [0.4, 0.5) is 0 Å². The van der Waals surface area contributed by atoms with E-state index < -0.39 is 5.60 Å². The average Bonchev–Trinajstić information content (AvgIpc) is 3.03. The Hall–Kier alpha value is -0.150. The fraction of sp³-hybridized carbons (Fsp3) is 0.885. The third-order valence-electron chi connectivity index (χ3n) is 9.91. The molecular formula is C26H41BrO2. The fourth-order valence-corrected chi connectivity index (χ4v) is 8.75. The molecule has 0 aromatic carbocycles. The van der Waals surface area contributed by atoms with E-state index in [1.807, 2.05) is 0 Å². The molecule has 3 fully saturated rings. The molecule has 29 heavy (non-hydrogen) atoms. The molecule has 3 heteroatoms. The van der Waals surface area contributed by atoms with Crippen LogP contribution in [0.5, 0.6) is 0 Å². The maximum Gasteiger partial charge on any atom is 0.175 e. The number of hydrogen-bond acceptors (Lipinski definition) is 2. The van der Waals surface area contributed by atoms with Gasteiger partial charge in [0.15, 0.2) is 5.78 Å². The first kappa shape index (κ1) is 22.1. The van der Waals surface area contributed by atoms with Crippen molar-refractivity contribution in [3.8, 4) is 0 Å². The first-order valence-electron chi connectivity index (χ1n) is 12.3. The summed E-state index contributed by atoms with van der Waals surface area (Å²) in [6.07, 6.45) is 18.4. The van der Waals surface area contributed by atoms with Gasteiger partial charge in [-0.3, -0.25) is 4.79 Å². The van der Waals surface area contributed by atoms with E-state index in [0.717, 1.165) is 43.6 Å². The van der Waals surface area contributed by atoms with E-state index in [1.165, 1.54) is 51.4 Å². The topological polar surface area (TPSA) is 26.3 Å². The molecule has 0 saturated heterocycles. The lowest BCUT2D eigenvalue weighted by molar-refractivity contribution is -0.178. The predicted molar refractivity (Wildman–Crippen MR) is 123 cm³/mol. The predicted octanol–water partition coefficient (Wildman–Crippen LogP) is 7.10. The molecule has 0 aromatic heterocycles. The summed E-state index contributed by atoms with van der Waals surface area (Å²) in [6.45, 7) is 7.95. The summed E-state index contributed by atoms with van der Waals surface area (Å²) >= 11 is 3.51. The molecular weight excluding hydrogens is 424 g/mol. The van der Waals surface area contributed by atoms with Gasteiger partial charge in [-0.15, -0.1) is 0 Å². The zero-order valence-electron chi connectivity index (χ0n) is 18.9. The number of alkyl halides is 1. The van der Waals surface area contributed by atoms with Crippen molar-refractivity contribution in [3.05, 3.63) is 12.2 Å². The number of carbonyl (C=O) groups is 1. The molecule has 0 amide bonds. The number of hydrogen-bond donors (Lipinski definition) is 0. The molecule has 2 nitrogen and oxygen atoms in total. The Bertz CT molecular complexity index is 645. The number of fused-ring (bicyclic) bond motifs is 5. The van der Waals surface area contributed by atoms with Gasteiger partial charge in [0.1, 0.15) is 5.60 Å². The number of ether oxygens (including phenoxy) is 1. The number of carbonyl (C=O) groups excluding carboxylic acids is 1. The van der Waals surface area contributed by atoms with Gasteiger partial charge in [-0.05, 0) is 86.9 Å². The van der Waals surface area contributed by atoms with Crippen molar-refractivity contribution in [2.75, 3.05) is 11.9 Å². The van der Waals surface area contributed by atoms with E-state index in [1.54, 1.807) is 0 Å². The molecule has 0 bridgehead atoms. The molecule has 0 aromatic rings. The number of rotatable bonds is 7. The van der Waals surface area contributed by atoms with Crippen LogP contribution >= 0.6 is 15.9 Å². The summed E-state index contributed by atoms with van der Waals surface area (Å²) in [5.41, 5.74) is -0.165. The summed E-state index contributed by atoms with van der Waals surface area (Å²) in [5, 5.41) is 0.430. The molecule has 4 aliphatic rings.